The fourth-order valence-corrected chi connectivity index (χ4v) is 4.76. The summed E-state index contributed by atoms with van der Waals surface area (Å²) in [7, 11) is -3.68. The zero-order chi connectivity index (χ0) is 20.5. The second-order valence-corrected chi connectivity index (χ2v) is 8.98. The lowest BCUT2D eigenvalue weighted by Crippen LogP contribution is -2.48. The van der Waals surface area contributed by atoms with E-state index >= 15 is 0 Å². The number of rotatable bonds is 4. The van der Waals surface area contributed by atoms with Gasteiger partial charge in [0.25, 0.3) is 5.91 Å². The summed E-state index contributed by atoms with van der Waals surface area (Å²) < 4.78 is 46.6. The molecule has 6 nitrogen and oxygen atoms in total. The van der Waals surface area contributed by atoms with Crippen molar-refractivity contribution in [3.63, 3.8) is 0 Å². The lowest BCUT2D eigenvalue weighted by molar-refractivity contribution is -0.0440. The first-order valence-electron chi connectivity index (χ1n) is 9.00. The van der Waals surface area contributed by atoms with Crippen LogP contribution in [0.2, 0.25) is 0 Å². The summed E-state index contributed by atoms with van der Waals surface area (Å²) in [5, 5.41) is 2.50. The molecule has 1 N–H and O–H groups in total. The van der Waals surface area contributed by atoms with Gasteiger partial charge in [0, 0.05) is 18.7 Å². The molecule has 0 radical (unpaired) electrons. The first-order valence-corrected chi connectivity index (χ1v) is 10.4. The van der Waals surface area contributed by atoms with Gasteiger partial charge in [-0.15, -0.1) is 0 Å². The Morgan fingerprint density at radius 1 is 1.11 bits per heavy atom. The van der Waals surface area contributed by atoms with E-state index in [-0.39, 0.29) is 41.4 Å². The molecular weight excluding hydrogens is 383 g/mol. The minimum atomic E-state index is -3.68. The average Bonchev–Trinajstić information content (AvgIpc) is 2.63. The van der Waals surface area contributed by atoms with Crippen LogP contribution >= 0.6 is 0 Å². The summed E-state index contributed by atoms with van der Waals surface area (Å²) in [5.74, 6) is -1.04. The number of aryl methyl sites for hydroxylation is 1. The highest BCUT2D eigenvalue weighted by atomic mass is 32.2. The van der Waals surface area contributed by atoms with Gasteiger partial charge < -0.3 is 10.1 Å². The van der Waals surface area contributed by atoms with Crippen molar-refractivity contribution in [2.75, 3.05) is 18.4 Å². The highest BCUT2D eigenvalue weighted by molar-refractivity contribution is 7.89. The van der Waals surface area contributed by atoms with Crippen molar-refractivity contribution >= 4 is 21.6 Å². The number of amides is 1. The molecule has 0 bridgehead atoms. The van der Waals surface area contributed by atoms with Gasteiger partial charge in [-0.3, -0.25) is 4.79 Å². The molecule has 2 aromatic rings. The molecule has 0 spiro atoms. The Bertz CT molecular complexity index is 966. The standard InChI is InChI=1S/C20H23FN2O4S/c1-13-4-9-19(18(21)10-13)22-20(24)16-5-7-17(8-6-16)28(25,26)23-11-14(2)27-15(3)12-23/h4-10,14-15H,11-12H2,1-3H3,(H,22,24)/t14-,15-/m0/s1. The van der Waals surface area contributed by atoms with E-state index in [0.717, 1.165) is 5.56 Å². The van der Waals surface area contributed by atoms with Gasteiger partial charge in [-0.2, -0.15) is 4.31 Å². The number of carbonyl (C=O) groups excluding carboxylic acids is 1. The van der Waals surface area contributed by atoms with Crippen LogP contribution in [0.1, 0.15) is 29.8 Å². The first kappa shape index (κ1) is 20.4. The normalized spacial score (nSPS) is 20.7. The summed E-state index contributed by atoms with van der Waals surface area (Å²) in [5.41, 5.74) is 1.06. The summed E-state index contributed by atoms with van der Waals surface area (Å²) >= 11 is 0. The third-order valence-electron chi connectivity index (χ3n) is 4.51. The Kier molecular flexibility index (Phi) is 5.83. The topological polar surface area (TPSA) is 75.7 Å². The quantitative estimate of drug-likeness (QED) is 0.846. The second-order valence-electron chi connectivity index (χ2n) is 7.04. The third kappa shape index (κ3) is 4.40. The number of nitrogens with one attached hydrogen (secondary N) is 1. The number of halogens is 1. The Hall–Kier alpha value is -2.29. The maximum Gasteiger partial charge on any atom is 0.255 e. The number of anilines is 1. The first-order chi connectivity index (χ1) is 13.2. The lowest BCUT2D eigenvalue weighted by Gasteiger charge is -2.34. The van der Waals surface area contributed by atoms with Gasteiger partial charge in [-0.05, 0) is 62.7 Å². The van der Waals surface area contributed by atoms with E-state index in [1.165, 1.54) is 40.7 Å². The zero-order valence-corrected chi connectivity index (χ0v) is 16.8. The summed E-state index contributed by atoms with van der Waals surface area (Å²) in [4.78, 5) is 12.4. The van der Waals surface area contributed by atoms with Crippen molar-refractivity contribution in [3.05, 3.63) is 59.4 Å². The molecule has 2 atom stereocenters. The Morgan fingerprint density at radius 2 is 1.71 bits per heavy atom. The van der Waals surface area contributed by atoms with Gasteiger partial charge >= 0.3 is 0 Å². The smallest absolute Gasteiger partial charge is 0.255 e. The highest BCUT2D eigenvalue weighted by Crippen LogP contribution is 2.22. The van der Waals surface area contributed by atoms with Gasteiger partial charge in [0.1, 0.15) is 5.82 Å². The van der Waals surface area contributed by atoms with E-state index in [1.54, 1.807) is 13.0 Å². The van der Waals surface area contributed by atoms with Crippen molar-refractivity contribution in [1.29, 1.82) is 0 Å². The molecule has 28 heavy (non-hydrogen) atoms. The van der Waals surface area contributed by atoms with Crippen LogP contribution in [0.5, 0.6) is 0 Å². The molecule has 150 valence electrons. The van der Waals surface area contributed by atoms with Crippen LogP contribution in [-0.4, -0.2) is 43.9 Å². The predicted octanol–water partition coefficient (Wildman–Crippen LogP) is 3.18. The molecule has 1 saturated heterocycles. The number of hydrogen-bond donors (Lipinski definition) is 1. The maximum atomic E-state index is 13.9. The molecule has 0 aromatic heterocycles. The highest BCUT2D eigenvalue weighted by Gasteiger charge is 2.32. The minimum Gasteiger partial charge on any atom is -0.373 e. The predicted molar refractivity (Wildman–Crippen MR) is 104 cm³/mol. The molecule has 1 fully saturated rings. The number of benzene rings is 2. The van der Waals surface area contributed by atoms with Crippen molar-refractivity contribution < 1.29 is 22.3 Å². The van der Waals surface area contributed by atoms with Crippen LogP contribution in [0.3, 0.4) is 0 Å². The third-order valence-corrected chi connectivity index (χ3v) is 6.36. The van der Waals surface area contributed by atoms with Crippen LogP contribution in [-0.2, 0) is 14.8 Å². The van der Waals surface area contributed by atoms with E-state index < -0.39 is 21.7 Å². The summed E-state index contributed by atoms with van der Waals surface area (Å²) in [6.45, 7) is 5.97. The van der Waals surface area contributed by atoms with E-state index in [2.05, 4.69) is 5.32 Å². The molecule has 3 rings (SSSR count). The molecule has 1 heterocycles. The van der Waals surface area contributed by atoms with Gasteiger partial charge in [0.15, 0.2) is 0 Å². The Balaban J connectivity index is 1.76. The molecule has 2 aromatic carbocycles. The number of nitrogens with zero attached hydrogens (tertiary/aromatic N) is 1. The SMILES string of the molecule is Cc1ccc(NC(=O)c2ccc(S(=O)(=O)N3C[C@H](C)O[C@@H](C)C3)cc2)c(F)c1. The number of morpholine rings is 1. The summed E-state index contributed by atoms with van der Waals surface area (Å²) in [6, 6.07) is 10.1. The van der Waals surface area contributed by atoms with Crippen molar-refractivity contribution in [2.45, 2.75) is 37.9 Å². The Labute approximate surface area is 164 Å². The van der Waals surface area contributed by atoms with Crippen LogP contribution in [0, 0.1) is 12.7 Å². The maximum absolute atomic E-state index is 13.9. The molecular formula is C20H23FN2O4S. The van der Waals surface area contributed by atoms with Gasteiger partial charge in [0.05, 0.1) is 22.8 Å². The molecule has 1 amide bonds. The molecule has 0 saturated carbocycles. The van der Waals surface area contributed by atoms with E-state index in [0.29, 0.717) is 0 Å². The fourth-order valence-electron chi connectivity index (χ4n) is 3.17. The average molecular weight is 406 g/mol. The monoisotopic (exact) mass is 406 g/mol. The van der Waals surface area contributed by atoms with E-state index in [9.17, 15) is 17.6 Å². The Morgan fingerprint density at radius 3 is 2.29 bits per heavy atom. The number of sulfonamides is 1. The molecule has 0 unspecified atom stereocenters. The van der Waals surface area contributed by atoms with Gasteiger partial charge in [0.2, 0.25) is 10.0 Å². The number of carbonyl (C=O) groups is 1. The fraction of sp³-hybridized carbons (Fsp3) is 0.350. The zero-order valence-electron chi connectivity index (χ0n) is 16.0. The minimum absolute atomic E-state index is 0.0728. The largest absolute Gasteiger partial charge is 0.373 e. The number of ether oxygens (including phenoxy) is 1. The lowest BCUT2D eigenvalue weighted by atomic mass is 10.2. The molecule has 1 aliphatic rings. The molecule has 0 aliphatic carbocycles. The van der Waals surface area contributed by atoms with Crippen LogP contribution < -0.4 is 5.32 Å². The van der Waals surface area contributed by atoms with Gasteiger partial charge in [-0.25, -0.2) is 12.8 Å². The van der Waals surface area contributed by atoms with Crippen molar-refractivity contribution in [1.82, 2.24) is 4.31 Å². The molecule has 8 heteroatoms. The molecule has 1 aliphatic heterocycles. The second kappa shape index (κ2) is 7.98. The van der Waals surface area contributed by atoms with Crippen molar-refractivity contribution in [2.24, 2.45) is 0 Å². The van der Waals surface area contributed by atoms with Gasteiger partial charge in [-0.1, -0.05) is 6.07 Å². The van der Waals surface area contributed by atoms with Crippen molar-refractivity contribution in [3.8, 4) is 0 Å². The van der Waals surface area contributed by atoms with E-state index in [4.69, 9.17) is 4.74 Å². The van der Waals surface area contributed by atoms with E-state index in [1.807, 2.05) is 13.8 Å². The van der Waals surface area contributed by atoms with Crippen LogP contribution in [0.15, 0.2) is 47.4 Å². The van der Waals surface area contributed by atoms with Crippen LogP contribution in [0.25, 0.3) is 0 Å². The summed E-state index contributed by atoms with van der Waals surface area (Å²) in [6.07, 6.45) is -0.374. The van der Waals surface area contributed by atoms with Crippen LogP contribution in [0.4, 0.5) is 10.1 Å². The number of hydrogen-bond acceptors (Lipinski definition) is 4.